The van der Waals surface area contributed by atoms with Crippen molar-refractivity contribution in [3.05, 3.63) is 45.8 Å². The molecule has 0 N–H and O–H groups in total. The van der Waals surface area contributed by atoms with Crippen LogP contribution >= 0.6 is 11.3 Å². The summed E-state index contributed by atoms with van der Waals surface area (Å²) in [7, 11) is 1.74. The molecular weight excluding hydrogens is 334 g/mol. The second kappa shape index (κ2) is 5.83. The number of aliphatic imine (C=N–C) groups is 2. The number of carbonyl (C=O) groups excluding carboxylic acids is 1. The van der Waals surface area contributed by atoms with Crippen LogP contribution in [0.5, 0.6) is 0 Å². The average molecular weight is 349 g/mol. The van der Waals surface area contributed by atoms with Crippen molar-refractivity contribution in [2.45, 2.75) is 6.92 Å². The lowest BCUT2D eigenvalue weighted by Crippen LogP contribution is -2.33. The number of carbonyl (C=O) groups is 1. The summed E-state index contributed by atoms with van der Waals surface area (Å²) < 4.78 is 0. The van der Waals surface area contributed by atoms with E-state index in [0.29, 0.717) is 11.1 Å². The first-order valence-corrected chi connectivity index (χ1v) is 8.69. The number of nitrogens with zero attached hydrogens (tertiary/aromatic N) is 5. The van der Waals surface area contributed by atoms with Gasteiger partial charge in [0.2, 0.25) is 0 Å². The third-order valence-electron chi connectivity index (χ3n) is 4.38. The molecule has 0 saturated heterocycles. The SMILES string of the molecule is Cc1sc2c(c1C(=O)N(C)c1ccc(C#N)cc1)C1=NCCN1C=N2. The number of nitriles is 1. The molecule has 0 fully saturated rings. The summed E-state index contributed by atoms with van der Waals surface area (Å²) in [5, 5.41) is 9.76. The second-order valence-electron chi connectivity index (χ2n) is 5.88. The molecule has 0 unspecified atom stereocenters. The quantitative estimate of drug-likeness (QED) is 0.837. The van der Waals surface area contributed by atoms with Gasteiger partial charge in [-0.2, -0.15) is 5.26 Å². The van der Waals surface area contributed by atoms with Crippen LogP contribution in [0.1, 0.15) is 26.4 Å². The van der Waals surface area contributed by atoms with Crippen LogP contribution in [0.15, 0.2) is 34.3 Å². The number of thiophene rings is 1. The Morgan fingerprint density at radius 3 is 2.84 bits per heavy atom. The number of amides is 1. The molecule has 0 bridgehead atoms. The van der Waals surface area contributed by atoms with Crippen molar-refractivity contribution in [3.8, 4) is 6.07 Å². The zero-order valence-electron chi connectivity index (χ0n) is 13.9. The Morgan fingerprint density at radius 1 is 1.36 bits per heavy atom. The van der Waals surface area contributed by atoms with Crippen LogP contribution in [0.3, 0.4) is 0 Å². The minimum atomic E-state index is -0.0913. The molecule has 6 nitrogen and oxygen atoms in total. The first-order valence-electron chi connectivity index (χ1n) is 7.87. The molecule has 3 heterocycles. The van der Waals surface area contributed by atoms with Crippen molar-refractivity contribution in [1.29, 1.82) is 5.26 Å². The van der Waals surface area contributed by atoms with E-state index in [0.717, 1.165) is 40.1 Å². The number of hydrogen-bond acceptors (Lipinski definition) is 6. The summed E-state index contributed by atoms with van der Waals surface area (Å²) >= 11 is 1.52. The summed E-state index contributed by atoms with van der Waals surface area (Å²) in [5.74, 6) is 0.747. The van der Waals surface area contributed by atoms with E-state index >= 15 is 0 Å². The number of amidine groups is 1. The van der Waals surface area contributed by atoms with Crippen molar-refractivity contribution in [2.24, 2.45) is 9.98 Å². The van der Waals surface area contributed by atoms with Crippen molar-refractivity contribution < 1.29 is 4.79 Å². The molecule has 0 atom stereocenters. The summed E-state index contributed by atoms with van der Waals surface area (Å²) in [4.78, 5) is 26.8. The predicted octanol–water partition coefficient (Wildman–Crippen LogP) is 2.94. The molecule has 2 aliphatic heterocycles. The molecule has 4 rings (SSSR count). The van der Waals surface area contributed by atoms with Crippen LogP contribution in [0.4, 0.5) is 10.7 Å². The highest BCUT2D eigenvalue weighted by atomic mass is 32.1. The molecule has 1 aromatic heterocycles. The summed E-state index contributed by atoms with van der Waals surface area (Å²) in [6.45, 7) is 3.46. The Morgan fingerprint density at radius 2 is 2.12 bits per heavy atom. The second-order valence-corrected chi connectivity index (χ2v) is 7.08. The van der Waals surface area contributed by atoms with Gasteiger partial charge in [0.1, 0.15) is 10.8 Å². The van der Waals surface area contributed by atoms with Gasteiger partial charge in [-0.25, -0.2) is 4.99 Å². The normalized spacial score (nSPS) is 14.6. The van der Waals surface area contributed by atoms with E-state index in [1.807, 2.05) is 11.8 Å². The maximum absolute atomic E-state index is 13.2. The molecule has 0 radical (unpaired) electrons. The van der Waals surface area contributed by atoms with Crippen molar-refractivity contribution in [2.75, 3.05) is 25.0 Å². The third kappa shape index (κ3) is 2.42. The highest BCUT2D eigenvalue weighted by Gasteiger charge is 2.33. The molecule has 1 amide bonds. The lowest BCUT2D eigenvalue weighted by Gasteiger charge is -2.22. The molecule has 2 aromatic rings. The van der Waals surface area contributed by atoms with E-state index in [-0.39, 0.29) is 5.91 Å². The number of hydrogen-bond donors (Lipinski definition) is 0. The zero-order valence-corrected chi connectivity index (χ0v) is 14.7. The van der Waals surface area contributed by atoms with Crippen molar-refractivity contribution >= 4 is 40.1 Å². The van der Waals surface area contributed by atoms with Crippen molar-refractivity contribution in [1.82, 2.24) is 4.90 Å². The van der Waals surface area contributed by atoms with Crippen molar-refractivity contribution in [3.63, 3.8) is 0 Å². The molecule has 0 saturated carbocycles. The van der Waals surface area contributed by atoms with Crippen LogP contribution in [-0.4, -0.2) is 43.1 Å². The fraction of sp³-hybridized carbons (Fsp3) is 0.222. The maximum atomic E-state index is 13.2. The van der Waals surface area contributed by atoms with E-state index in [2.05, 4.69) is 16.1 Å². The minimum Gasteiger partial charge on any atom is -0.315 e. The zero-order chi connectivity index (χ0) is 17.6. The monoisotopic (exact) mass is 349 g/mol. The topological polar surface area (TPSA) is 72.1 Å². The Bertz CT molecular complexity index is 965. The largest absolute Gasteiger partial charge is 0.315 e. The van der Waals surface area contributed by atoms with E-state index in [9.17, 15) is 4.79 Å². The van der Waals surface area contributed by atoms with Gasteiger partial charge in [0, 0.05) is 24.2 Å². The summed E-state index contributed by atoms with van der Waals surface area (Å²) in [5.41, 5.74) is 2.81. The summed E-state index contributed by atoms with van der Waals surface area (Å²) in [6.07, 6.45) is 1.79. The van der Waals surface area contributed by atoms with Gasteiger partial charge in [0.15, 0.2) is 0 Å². The summed E-state index contributed by atoms with van der Waals surface area (Å²) in [6, 6.07) is 9.07. The van der Waals surface area contributed by atoms with Gasteiger partial charge in [-0.15, -0.1) is 11.3 Å². The molecule has 7 heteroatoms. The van der Waals surface area contributed by atoms with Gasteiger partial charge in [-0.3, -0.25) is 9.79 Å². The molecule has 25 heavy (non-hydrogen) atoms. The Labute approximate surface area is 149 Å². The molecule has 1 aromatic carbocycles. The maximum Gasteiger partial charge on any atom is 0.259 e. The fourth-order valence-corrected chi connectivity index (χ4v) is 4.02. The van der Waals surface area contributed by atoms with E-state index < -0.39 is 0 Å². The van der Waals surface area contributed by atoms with Gasteiger partial charge in [-0.05, 0) is 31.2 Å². The first-order chi connectivity index (χ1) is 12.1. The smallest absolute Gasteiger partial charge is 0.259 e. The number of benzene rings is 1. The lowest BCUT2D eigenvalue weighted by atomic mass is 10.1. The minimum absolute atomic E-state index is 0.0913. The Kier molecular flexibility index (Phi) is 3.62. The number of fused-ring (bicyclic) bond motifs is 3. The first kappa shape index (κ1) is 15.5. The van der Waals surface area contributed by atoms with Crippen LogP contribution in [0.25, 0.3) is 0 Å². The van der Waals surface area contributed by atoms with Crippen LogP contribution in [0.2, 0.25) is 0 Å². The van der Waals surface area contributed by atoms with Gasteiger partial charge < -0.3 is 9.80 Å². The number of aryl methyl sites for hydroxylation is 1. The average Bonchev–Trinajstić information content (AvgIpc) is 3.23. The molecule has 0 aliphatic carbocycles. The number of rotatable bonds is 2. The lowest BCUT2D eigenvalue weighted by molar-refractivity contribution is 0.0992. The molecule has 124 valence electrons. The highest BCUT2D eigenvalue weighted by molar-refractivity contribution is 7.16. The Hall–Kier alpha value is -2.98. The van der Waals surface area contributed by atoms with Crippen LogP contribution < -0.4 is 4.90 Å². The Balaban J connectivity index is 1.75. The van der Waals surface area contributed by atoms with Gasteiger partial charge in [0.05, 0.1) is 35.6 Å². The van der Waals surface area contributed by atoms with Gasteiger partial charge in [0.25, 0.3) is 5.91 Å². The van der Waals surface area contributed by atoms with E-state index in [1.165, 1.54) is 11.3 Å². The molecular formula is C18H15N5OS. The predicted molar refractivity (Wildman–Crippen MR) is 99.2 cm³/mol. The highest BCUT2D eigenvalue weighted by Crippen LogP contribution is 2.39. The number of anilines is 1. The standard InChI is InChI=1S/C18H15N5OS/c1-11-14(15-16-20-7-8-23(16)10-21-17(15)25-11)18(24)22(2)13-5-3-12(9-19)4-6-13/h3-6,10H,7-8H2,1-2H3. The van der Waals surface area contributed by atoms with E-state index in [4.69, 9.17) is 5.26 Å². The third-order valence-corrected chi connectivity index (χ3v) is 5.39. The van der Waals surface area contributed by atoms with E-state index in [1.54, 1.807) is 42.6 Å². The van der Waals surface area contributed by atoms with Gasteiger partial charge in [-0.1, -0.05) is 0 Å². The molecule has 0 spiro atoms. The fourth-order valence-electron chi connectivity index (χ4n) is 3.05. The van der Waals surface area contributed by atoms with Crippen LogP contribution in [-0.2, 0) is 0 Å². The molecule has 2 aliphatic rings. The van der Waals surface area contributed by atoms with Gasteiger partial charge >= 0.3 is 0 Å². The van der Waals surface area contributed by atoms with Crippen LogP contribution in [0, 0.1) is 18.3 Å².